The Labute approximate surface area is 129 Å². The molecule has 21 heavy (non-hydrogen) atoms. The Morgan fingerprint density at radius 3 is 1.43 bits per heavy atom. The molecule has 0 N–H and O–H groups in total. The molecule has 0 saturated heterocycles. The van der Waals surface area contributed by atoms with Gasteiger partial charge in [0.1, 0.15) is 5.92 Å². The first-order valence-electron chi connectivity index (χ1n) is 4.79. The van der Waals surface area contributed by atoms with Crippen LogP contribution in [0.1, 0.15) is 0 Å². The maximum absolute atomic E-state index is 13.7. The van der Waals surface area contributed by atoms with Crippen LogP contribution in [0.3, 0.4) is 0 Å². The Bertz CT molecular complexity index is 425. The lowest BCUT2D eigenvalue weighted by atomic mass is 9.76. The van der Waals surface area contributed by atoms with Crippen molar-refractivity contribution < 1.29 is 48.3 Å². The number of thiol groups is 1. The molecule has 3 atom stereocenters. The van der Waals surface area contributed by atoms with Crippen LogP contribution >= 0.6 is 35.2 Å². The van der Waals surface area contributed by atoms with E-state index < -0.39 is 45.0 Å². The van der Waals surface area contributed by atoms with E-state index in [1.54, 1.807) is 0 Å². The van der Waals surface area contributed by atoms with Gasteiger partial charge in [0, 0.05) is 4.43 Å². The third kappa shape index (κ3) is 2.07. The molecule has 0 aromatic heterocycles. The first-order chi connectivity index (χ1) is 8.93. The molecule has 0 aromatic carbocycles. The molecule has 13 heteroatoms. The maximum atomic E-state index is 13.7. The summed E-state index contributed by atoms with van der Waals surface area (Å²) >= 11 is 2.66. The second-order valence-electron chi connectivity index (χ2n) is 4.40. The van der Waals surface area contributed by atoms with E-state index in [9.17, 15) is 48.3 Å². The molecule has 0 aliphatic heterocycles. The first-order valence-corrected chi connectivity index (χ1v) is 6.76. The number of rotatable bonds is 1. The van der Waals surface area contributed by atoms with E-state index in [1.807, 2.05) is 0 Å². The molecular formula is C8H4F11IS. The van der Waals surface area contributed by atoms with E-state index in [4.69, 9.17) is 0 Å². The highest BCUT2D eigenvalue weighted by atomic mass is 127. The van der Waals surface area contributed by atoms with Gasteiger partial charge in [-0.2, -0.15) is 43.9 Å². The molecular weight excluding hydrogens is 464 g/mol. The predicted molar refractivity (Wildman–Crippen MR) is 59.6 cm³/mol. The van der Waals surface area contributed by atoms with Gasteiger partial charge < -0.3 is 0 Å². The highest BCUT2D eigenvalue weighted by molar-refractivity contribution is 14.1. The molecule has 0 bridgehead atoms. The van der Waals surface area contributed by atoms with Crippen molar-refractivity contribution in [2.75, 3.05) is 4.43 Å². The van der Waals surface area contributed by atoms with Crippen LogP contribution in [0.25, 0.3) is 0 Å². The molecule has 0 heterocycles. The van der Waals surface area contributed by atoms with Gasteiger partial charge in [0.05, 0.1) is 0 Å². The molecule has 0 amide bonds. The Morgan fingerprint density at radius 2 is 1.24 bits per heavy atom. The summed E-state index contributed by atoms with van der Waals surface area (Å²) in [6, 6.07) is 0. The summed E-state index contributed by atoms with van der Waals surface area (Å²) in [5, 5.41) is -5.42. The van der Waals surface area contributed by atoms with Crippen LogP contribution < -0.4 is 0 Å². The average molecular weight is 468 g/mol. The Balaban J connectivity index is 3.89. The molecule has 0 spiro atoms. The summed E-state index contributed by atoms with van der Waals surface area (Å²) in [6.45, 7) is 0. The zero-order valence-corrected chi connectivity index (χ0v) is 12.3. The van der Waals surface area contributed by atoms with E-state index >= 15 is 0 Å². The second-order valence-corrected chi connectivity index (χ2v) is 5.81. The van der Waals surface area contributed by atoms with Crippen molar-refractivity contribution in [3.05, 3.63) is 0 Å². The maximum Gasteiger partial charge on any atom is 0.402 e. The fourth-order valence-corrected chi connectivity index (χ4v) is 4.12. The van der Waals surface area contributed by atoms with E-state index in [2.05, 4.69) is 12.6 Å². The molecule has 1 aliphatic carbocycles. The topological polar surface area (TPSA) is 0 Å². The normalized spacial score (nSPS) is 39.6. The standard InChI is InChI=1S/C8H4F11IS/c9-4(21)2(5(10,11)12)3(1-20,8(17,18)19)6(13,14)7(4,15)16/h2,21H,1H2. The third-order valence-corrected chi connectivity index (χ3v) is 5.06. The SMILES string of the molecule is FC(F)(F)C1C(F)(S)C(F)(F)C(F)(F)C1(CI)C(F)(F)F. The van der Waals surface area contributed by atoms with Crippen molar-refractivity contribution in [1.82, 2.24) is 0 Å². The van der Waals surface area contributed by atoms with Gasteiger partial charge in [-0.05, 0) is 0 Å². The van der Waals surface area contributed by atoms with E-state index in [1.165, 1.54) is 0 Å². The second kappa shape index (κ2) is 4.66. The van der Waals surface area contributed by atoms with E-state index in [0.29, 0.717) is 22.6 Å². The van der Waals surface area contributed by atoms with E-state index in [0.717, 1.165) is 0 Å². The van der Waals surface area contributed by atoms with Crippen molar-refractivity contribution >= 4 is 35.2 Å². The summed E-state index contributed by atoms with van der Waals surface area (Å²) in [6.07, 6.45) is -12.8. The Kier molecular flexibility index (Phi) is 4.30. The van der Waals surface area contributed by atoms with Crippen molar-refractivity contribution in [3.8, 4) is 0 Å². The average Bonchev–Trinajstić information content (AvgIpc) is 2.29. The van der Waals surface area contributed by atoms with Crippen molar-refractivity contribution in [2.24, 2.45) is 11.3 Å². The molecule has 126 valence electrons. The number of hydrogen-bond donors (Lipinski definition) is 1. The summed E-state index contributed by atoms with van der Waals surface area (Å²) in [5.41, 5.74) is -5.33. The zero-order chi connectivity index (χ0) is 17.3. The molecule has 1 aliphatic rings. The van der Waals surface area contributed by atoms with Gasteiger partial charge in [-0.25, -0.2) is 4.39 Å². The minimum absolute atomic E-state index is 0.447. The van der Waals surface area contributed by atoms with Crippen molar-refractivity contribution in [1.29, 1.82) is 0 Å². The quantitative estimate of drug-likeness (QED) is 0.238. The fraction of sp³-hybridized carbons (Fsp3) is 1.00. The monoisotopic (exact) mass is 468 g/mol. The van der Waals surface area contributed by atoms with Crippen LogP contribution in [0.2, 0.25) is 0 Å². The highest BCUT2D eigenvalue weighted by Crippen LogP contribution is 2.75. The smallest absolute Gasteiger partial charge is 0.224 e. The van der Waals surface area contributed by atoms with Crippen molar-refractivity contribution in [3.63, 3.8) is 0 Å². The van der Waals surface area contributed by atoms with Gasteiger partial charge >= 0.3 is 24.2 Å². The van der Waals surface area contributed by atoms with Crippen molar-refractivity contribution in [2.45, 2.75) is 29.2 Å². The first kappa shape index (κ1) is 19.4. The van der Waals surface area contributed by atoms with Crippen LogP contribution in [-0.2, 0) is 0 Å². The summed E-state index contributed by atoms with van der Waals surface area (Å²) < 4.78 is 142. The molecule has 3 unspecified atom stereocenters. The number of hydrogen-bond acceptors (Lipinski definition) is 1. The largest absolute Gasteiger partial charge is 0.402 e. The van der Waals surface area contributed by atoms with Gasteiger partial charge in [0.25, 0.3) is 0 Å². The van der Waals surface area contributed by atoms with Crippen LogP contribution in [0.4, 0.5) is 48.3 Å². The summed E-state index contributed by atoms with van der Waals surface area (Å²) in [4.78, 5) is 0. The van der Waals surface area contributed by atoms with Gasteiger partial charge in [-0.1, -0.05) is 22.6 Å². The Morgan fingerprint density at radius 1 is 0.857 bits per heavy atom. The minimum Gasteiger partial charge on any atom is -0.224 e. The molecule has 1 fully saturated rings. The van der Waals surface area contributed by atoms with E-state index in [-0.39, 0.29) is 0 Å². The zero-order valence-electron chi connectivity index (χ0n) is 9.27. The molecule has 1 rings (SSSR count). The lowest BCUT2D eigenvalue weighted by molar-refractivity contribution is -0.344. The van der Waals surface area contributed by atoms with Gasteiger partial charge in [-0.15, -0.1) is 12.6 Å². The molecule has 0 radical (unpaired) electrons. The number of halogens is 12. The van der Waals surface area contributed by atoms with Crippen LogP contribution in [0.5, 0.6) is 0 Å². The Hall–Kier alpha value is 0.310. The van der Waals surface area contributed by atoms with Crippen LogP contribution in [0.15, 0.2) is 0 Å². The van der Waals surface area contributed by atoms with Gasteiger partial charge in [0.15, 0.2) is 5.41 Å². The number of alkyl halides is 12. The van der Waals surface area contributed by atoms with Gasteiger partial charge in [-0.3, -0.25) is 0 Å². The van der Waals surface area contributed by atoms with Crippen LogP contribution in [-0.4, -0.2) is 33.6 Å². The minimum atomic E-state index is -6.45. The van der Waals surface area contributed by atoms with Crippen LogP contribution in [0, 0.1) is 11.3 Å². The molecule has 0 nitrogen and oxygen atoms in total. The summed E-state index contributed by atoms with van der Waals surface area (Å²) in [7, 11) is 0. The lowest BCUT2D eigenvalue weighted by Gasteiger charge is -2.40. The lowest BCUT2D eigenvalue weighted by Crippen LogP contribution is -2.59. The molecule has 1 saturated carbocycles. The molecule has 0 aromatic rings. The summed E-state index contributed by atoms with van der Waals surface area (Å²) in [5.74, 6) is -17.3. The van der Waals surface area contributed by atoms with Gasteiger partial charge in [0.2, 0.25) is 5.00 Å². The third-order valence-electron chi connectivity index (χ3n) is 3.31. The highest BCUT2D eigenvalue weighted by Gasteiger charge is 2.97. The fourth-order valence-electron chi connectivity index (χ4n) is 2.26. The predicted octanol–water partition coefficient (Wildman–Crippen LogP) is 5.03.